The largest absolute Gasteiger partial charge is 0.456 e. The number of ether oxygens (including phenoxy) is 6. The second-order valence-electron chi connectivity index (χ2n) is 16.6. The number of carbonyl (C=O) groups excluding carboxylic acids is 3. The van der Waals surface area contributed by atoms with E-state index in [1.807, 2.05) is 39.8 Å². The van der Waals surface area contributed by atoms with E-state index in [1.54, 1.807) is 48.5 Å². The van der Waals surface area contributed by atoms with E-state index in [4.69, 9.17) is 34.0 Å². The van der Waals surface area contributed by atoms with Gasteiger partial charge in [0.25, 0.3) is 0 Å². The molecule has 17 nitrogen and oxygen atoms in total. The zero-order valence-electron chi connectivity index (χ0n) is 35.4. The summed E-state index contributed by atoms with van der Waals surface area (Å²) in [5, 5.41) is 17.7. The van der Waals surface area contributed by atoms with Gasteiger partial charge in [-0.15, -0.1) is 0 Å². The number of esters is 1. The first kappa shape index (κ1) is 47.3. The number of unbranched alkanes of at least 4 members (excludes halogenated alkanes) is 1. The second kappa shape index (κ2) is 19.6. The van der Waals surface area contributed by atoms with Crippen molar-refractivity contribution in [1.29, 1.82) is 0 Å². The lowest BCUT2D eigenvalue weighted by molar-refractivity contribution is -0.266. The van der Waals surface area contributed by atoms with Crippen LogP contribution in [0.15, 0.2) is 16.4 Å². The van der Waals surface area contributed by atoms with Crippen LogP contribution in [0.5, 0.6) is 0 Å². The molecule has 318 valence electrons. The SMILES string of the molecule is CC[C@@H](O)[C@@]1(C)OC(=O)N(CCCCN=[N+]=[N-])[C@@H]1[C@@H](C)NC(=O)[C@H](C)C[C@@](C)(OC)[C@H](O[C@@H]1OC(C)CC(N(C)C)C1P=O)[C@H](C)C1=C(C)C(=O)OC(C)(C)O1. The van der Waals surface area contributed by atoms with Crippen molar-refractivity contribution in [2.24, 2.45) is 17.0 Å². The lowest BCUT2D eigenvalue weighted by Gasteiger charge is -2.47. The minimum atomic E-state index is -1.32. The summed E-state index contributed by atoms with van der Waals surface area (Å²) in [6, 6.07) is -1.51. The Morgan fingerprint density at radius 1 is 1.20 bits per heavy atom. The Bertz CT molecular complexity index is 1490. The maximum atomic E-state index is 14.2. The van der Waals surface area contributed by atoms with Crippen LogP contribution in [0.1, 0.15) is 101 Å². The van der Waals surface area contributed by atoms with Crippen LogP contribution in [0.2, 0.25) is 0 Å². The van der Waals surface area contributed by atoms with Crippen molar-refractivity contribution < 1.29 is 52.5 Å². The number of aliphatic hydroxyl groups excluding tert-OH is 1. The Morgan fingerprint density at radius 2 is 1.86 bits per heavy atom. The second-order valence-corrected chi connectivity index (χ2v) is 17.4. The van der Waals surface area contributed by atoms with Gasteiger partial charge >= 0.3 is 12.1 Å². The fourth-order valence-electron chi connectivity index (χ4n) is 8.41. The topological polar surface area (TPSA) is 211 Å². The van der Waals surface area contributed by atoms with Gasteiger partial charge in [0, 0.05) is 56.8 Å². The van der Waals surface area contributed by atoms with Gasteiger partial charge in [0.2, 0.25) is 11.7 Å². The van der Waals surface area contributed by atoms with E-state index in [-0.39, 0.29) is 51.6 Å². The molecule has 2 saturated heterocycles. The highest BCUT2D eigenvalue weighted by Crippen LogP contribution is 2.42. The highest BCUT2D eigenvalue weighted by molar-refractivity contribution is 7.25. The van der Waals surface area contributed by atoms with Crippen LogP contribution in [0.4, 0.5) is 4.79 Å². The Morgan fingerprint density at radius 3 is 2.43 bits per heavy atom. The van der Waals surface area contributed by atoms with E-state index in [9.17, 15) is 24.1 Å². The first-order valence-electron chi connectivity index (χ1n) is 19.6. The molecule has 2 N–H and O–H groups in total. The monoisotopic (exact) mass is 812 g/mol. The first-order valence-corrected chi connectivity index (χ1v) is 20.5. The molecule has 3 aliphatic heterocycles. The van der Waals surface area contributed by atoms with E-state index < -0.39 is 77.1 Å². The Labute approximate surface area is 333 Å². The minimum absolute atomic E-state index is 0.119. The van der Waals surface area contributed by atoms with Gasteiger partial charge in [-0.2, -0.15) is 0 Å². The molecule has 3 rings (SSSR count). The maximum Gasteiger partial charge on any atom is 0.410 e. The smallest absolute Gasteiger partial charge is 0.410 e. The summed E-state index contributed by atoms with van der Waals surface area (Å²) in [6.45, 7) is 18.0. The third kappa shape index (κ3) is 10.7. The van der Waals surface area contributed by atoms with Gasteiger partial charge in [-0.3, -0.25) is 14.3 Å². The molecule has 2 fully saturated rings. The quantitative estimate of drug-likeness (QED) is 0.0379. The molecule has 3 aliphatic rings. The molecule has 3 heterocycles. The van der Waals surface area contributed by atoms with Crippen LogP contribution < -0.4 is 5.32 Å². The van der Waals surface area contributed by atoms with Crippen LogP contribution in [-0.4, -0.2) is 133 Å². The summed E-state index contributed by atoms with van der Waals surface area (Å²) < 4.78 is 49.7. The molecule has 0 radical (unpaired) electrons. The molecule has 0 aliphatic carbocycles. The molecule has 18 heteroatoms. The summed E-state index contributed by atoms with van der Waals surface area (Å²) in [5.74, 6) is -3.14. The molecule has 12 atom stereocenters. The van der Waals surface area contributed by atoms with Gasteiger partial charge in [0.05, 0.1) is 41.6 Å². The molecule has 3 unspecified atom stereocenters. The van der Waals surface area contributed by atoms with E-state index in [0.29, 0.717) is 31.4 Å². The number of carbonyl (C=O) groups is 3. The maximum absolute atomic E-state index is 14.2. The van der Waals surface area contributed by atoms with Gasteiger partial charge < -0.3 is 43.7 Å². The summed E-state index contributed by atoms with van der Waals surface area (Å²) in [7, 11) is 5.19. The van der Waals surface area contributed by atoms with Crippen molar-refractivity contribution in [3.8, 4) is 0 Å². The van der Waals surface area contributed by atoms with Crippen LogP contribution in [0.3, 0.4) is 0 Å². The predicted octanol–water partition coefficient (Wildman–Crippen LogP) is 5.69. The number of nitrogens with zero attached hydrogens (tertiary/aromatic N) is 5. The van der Waals surface area contributed by atoms with Gasteiger partial charge in [-0.05, 0) is 86.3 Å². The van der Waals surface area contributed by atoms with Crippen molar-refractivity contribution >= 4 is 26.4 Å². The van der Waals surface area contributed by atoms with Crippen molar-refractivity contribution in [2.75, 3.05) is 34.3 Å². The van der Waals surface area contributed by atoms with Crippen LogP contribution in [0.25, 0.3) is 10.4 Å². The zero-order chi connectivity index (χ0) is 42.3. The van der Waals surface area contributed by atoms with Gasteiger partial charge in [-0.1, -0.05) is 25.9 Å². The Balaban J connectivity index is 1.97. The van der Waals surface area contributed by atoms with Crippen LogP contribution >= 0.6 is 8.46 Å². The number of rotatable bonds is 20. The van der Waals surface area contributed by atoms with Crippen molar-refractivity contribution in [3.05, 3.63) is 21.8 Å². The molecule has 0 aromatic carbocycles. The van der Waals surface area contributed by atoms with Gasteiger partial charge in [-0.25, -0.2) is 9.59 Å². The lowest BCUT2D eigenvalue weighted by Crippen LogP contribution is -2.61. The molecule has 2 amide bonds. The predicted molar refractivity (Wildman–Crippen MR) is 208 cm³/mol. The first-order chi connectivity index (χ1) is 26.1. The number of amides is 2. The van der Waals surface area contributed by atoms with Crippen LogP contribution in [0, 0.1) is 11.8 Å². The Hall–Kier alpha value is -3.04. The summed E-state index contributed by atoms with van der Waals surface area (Å²) in [4.78, 5) is 46.7. The third-order valence-electron chi connectivity index (χ3n) is 11.5. The standard InChI is InChI=1S/C38H65N6O11P/c1-14-27(45)38(10)30(44(35(48)55-38)18-16-15-17-40-42-39)25(6)41-32(46)21(2)20-37(9,50-13)31(23(4)28-24(5)33(47)54-36(7,8)53-28)52-34-29(56-49)26(43(11)12)19-22(3)51-34/h21-23,25-27,29-31,34,45H,14-20H2,1-13H3,(H,41,46)/t21-,22?,23-,25-,26?,27-,29?,30-,31-,34+,37-,38-/m1/s1. The molecule has 0 saturated carbocycles. The highest BCUT2D eigenvalue weighted by atomic mass is 31.1. The fraction of sp³-hybridized carbons (Fsp3) is 0.868. The van der Waals surface area contributed by atoms with Gasteiger partial charge in [0.1, 0.15) is 11.4 Å². The molecule has 0 aromatic rings. The van der Waals surface area contributed by atoms with E-state index >= 15 is 0 Å². The Kier molecular flexibility index (Phi) is 16.6. The summed E-state index contributed by atoms with van der Waals surface area (Å²) >= 11 is 0. The number of hydrogen-bond acceptors (Lipinski definition) is 13. The highest BCUT2D eigenvalue weighted by Gasteiger charge is 2.57. The number of azide groups is 1. The average Bonchev–Trinajstić information content (AvgIpc) is 3.39. The van der Waals surface area contributed by atoms with Crippen molar-refractivity contribution in [1.82, 2.24) is 15.1 Å². The number of hydrogen-bond donors (Lipinski definition) is 2. The number of aliphatic hydroxyl groups is 1. The average molecular weight is 813 g/mol. The minimum Gasteiger partial charge on any atom is -0.456 e. The summed E-state index contributed by atoms with van der Waals surface area (Å²) in [5.41, 5.74) is 5.80. The summed E-state index contributed by atoms with van der Waals surface area (Å²) in [6.07, 6.45) is -1.55. The number of cyclic esters (lactones) is 2. The number of methoxy groups -OCH3 is 1. The fourth-order valence-corrected chi connectivity index (χ4v) is 9.18. The molecule has 0 aromatic heterocycles. The van der Waals surface area contributed by atoms with Crippen LogP contribution in [-0.2, 0) is 42.6 Å². The van der Waals surface area contributed by atoms with E-state index in [2.05, 4.69) is 15.3 Å². The van der Waals surface area contributed by atoms with Crippen molar-refractivity contribution in [3.63, 3.8) is 0 Å². The number of nitrogens with one attached hydrogen (secondary N) is 1. The third-order valence-corrected chi connectivity index (χ3v) is 12.3. The van der Waals surface area contributed by atoms with Gasteiger partial charge in [0.15, 0.2) is 20.4 Å². The normalized spacial score (nSPS) is 30.3. The molecule has 0 bridgehead atoms. The van der Waals surface area contributed by atoms with E-state index in [1.165, 1.54) is 12.0 Å². The molecular weight excluding hydrogens is 747 g/mol. The van der Waals surface area contributed by atoms with Crippen molar-refractivity contribution in [2.45, 2.75) is 167 Å². The zero-order valence-corrected chi connectivity index (χ0v) is 36.3. The molecule has 0 spiro atoms. The lowest BCUT2D eigenvalue weighted by atomic mass is 9.80. The molecule has 56 heavy (non-hydrogen) atoms. The van der Waals surface area contributed by atoms with E-state index in [0.717, 1.165) is 0 Å². The molecular formula is C38H65N6O11P.